The van der Waals surface area contributed by atoms with Gasteiger partial charge in [0.2, 0.25) is 0 Å². The number of hydrogen-bond donors (Lipinski definition) is 1. The summed E-state index contributed by atoms with van der Waals surface area (Å²) in [5.41, 5.74) is 1.13. The number of amides is 1. The average Bonchev–Trinajstić information content (AvgIpc) is 2.68. The number of hydrogen-bond acceptors (Lipinski definition) is 4. The Balaban J connectivity index is 1.64. The second-order valence-corrected chi connectivity index (χ2v) is 9.31. The lowest BCUT2D eigenvalue weighted by atomic mass is 9.90. The summed E-state index contributed by atoms with van der Waals surface area (Å²) < 4.78 is 5.48. The van der Waals surface area contributed by atoms with Crippen LogP contribution in [0, 0.1) is 0 Å². The Bertz CT molecular complexity index is 753. The molecule has 5 nitrogen and oxygen atoms in total. The standard InChI is InChI=1S/C25H34N2O3/c1-24(2,3)30-23(28)27-16-14-25(29,15-17-27)20-26(18-21-10-6-4-7-11-21)19-22-12-8-5-9-13-22/h4-13,29H,14-20H2,1-3H3. The second-order valence-electron chi connectivity index (χ2n) is 9.31. The highest BCUT2D eigenvalue weighted by Gasteiger charge is 2.36. The maximum absolute atomic E-state index is 12.3. The zero-order valence-electron chi connectivity index (χ0n) is 18.4. The average molecular weight is 411 g/mol. The van der Waals surface area contributed by atoms with Crippen LogP contribution in [-0.4, -0.2) is 51.8 Å². The molecule has 1 saturated heterocycles. The fourth-order valence-corrected chi connectivity index (χ4v) is 3.86. The lowest BCUT2D eigenvalue weighted by Crippen LogP contribution is -2.52. The highest BCUT2D eigenvalue weighted by molar-refractivity contribution is 5.68. The number of aliphatic hydroxyl groups is 1. The minimum Gasteiger partial charge on any atom is -0.444 e. The largest absolute Gasteiger partial charge is 0.444 e. The molecule has 0 aromatic heterocycles. The summed E-state index contributed by atoms with van der Waals surface area (Å²) >= 11 is 0. The molecule has 1 aliphatic heterocycles. The van der Waals surface area contributed by atoms with E-state index >= 15 is 0 Å². The Morgan fingerprint density at radius 1 is 0.967 bits per heavy atom. The van der Waals surface area contributed by atoms with Gasteiger partial charge in [0.1, 0.15) is 5.60 Å². The summed E-state index contributed by atoms with van der Waals surface area (Å²) in [7, 11) is 0. The van der Waals surface area contributed by atoms with Gasteiger partial charge in [-0.15, -0.1) is 0 Å². The number of rotatable bonds is 6. The van der Waals surface area contributed by atoms with Crippen LogP contribution in [-0.2, 0) is 17.8 Å². The smallest absolute Gasteiger partial charge is 0.410 e. The fourth-order valence-electron chi connectivity index (χ4n) is 3.86. The van der Waals surface area contributed by atoms with Crippen molar-refractivity contribution in [2.45, 2.75) is 57.9 Å². The third kappa shape index (κ3) is 6.85. The SMILES string of the molecule is CC(C)(C)OC(=O)N1CCC(O)(CN(Cc2ccccc2)Cc2ccccc2)CC1. The quantitative estimate of drug-likeness (QED) is 0.764. The molecule has 0 spiro atoms. The number of carbonyl (C=O) groups excluding carboxylic acids is 1. The molecule has 162 valence electrons. The van der Waals surface area contributed by atoms with Crippen LogP contribution in [0.1, 0.15) is 44.7 Å². The van der Waals surface area contributed by atoms with Crippen molar-refractivity contribution in [1.29, 1.82) is 0 Å². The molecule has 0 bridgehead atoms. The summed E-state index contributed by atoms with van der Waals surface area (Å²) in [6.45, 7) is 8.75. The lowest BCUT2D eigenvalue weighted by Gasteiger charge is -2.41. The van der Waals surface area contributed by atoms with E-state index in [1.54, 1.807) is 4.90 Å². The molecule has 5 heteroatoms. The molecular weight excluding hydrogens is 376 g/mol. The molecule has 2 aromatic carbocycles. The topological polar surface area (TPSA) is 53.0 Å². The third-order valence-electron chi connectivity index (χ3n) is 5.36. The summed E-state index contributed by atoms with van der Waals surface area (Å²) in [5.74, 6) is 0. The first-order valence-corrected chi connectivity index (χ1v) is 10.7. The van der Waals surface area contributed by atoms with Crippen LogP contribution in [0.2, 0.25) is 0 Å². The summed E-state index contributed by atoms with van der Waals surface area (Å²) in [6.07, 6.45) is 0.800. The lowest BCUT2D eigenvalue weighted by molar-refractivity contribution is -0.0527. The van der Waals surface area contributed by atoms with Crippen LogP contribution in [0.15, 0.2) is 60.7 Å². The second kappa shape index (κ2) is 9.63. The van der Waals surface area contributed by atoms with Gasteiger partial charge < -0.3 is 14.7 Å². The number of piperidine rings is 1. The number of likely N-dealkylation sites (tertiary alicyclic amines) is 1. The molecule has 1 fully saturated rings. The Morgan fingerprint density at radius 2 is 1.43 bits per heavy atom. The minimum absolute atomic E-state index is 0.296. The molecule has 1 amide bonds. The van der Waals surface area contributed by atoms with Gasteiger partial charge in [0.05, 0.1) is 5.60 Å². The van der Waals surface area contributed by atoms with Crippen LogP contribution in [0.25, 0.3) is 0 Å². The summed E-state index contributed by atoms with van der Waals surface area (Å²) in [6, 6.07) is 20.7. The molecule has 3 rings (SSSR count). The van der Waals surface area contributed by atoms with Gasteiger partial charge in [0.25, 0.3) is 0 Å². The number of carbonyl (C=O) groups is 1. The summed E-state index contributed by atoms with van der Waals surface area (Å²) in [4.78, 5) is 16.3. The predicted octanol–water partition coefficient (Wildman–Crippen LogP) is 4.45. The van der Waals surface area contributed by atoms with Crippen molar-refractivity contribution in [2.75, 3.05) is 19.6 Å². The molecule has 0 unspecified atom stereocenters. The highest BCUT2D eigenvalue weighted by atomic mass is 16.6. The first kappa shape index (κ1) is 22.3. The van der Waals surface area contributed by atoms with Crippen LogP contribution >= 0.6 is 0 Å². The molecule has 1 aliphatic rings. The Morgan fingerprint density at radius 3 is 1.87 bits per heavy atom. The zero-order valence-corrected chi connectivity index (χ0v) is 18.4. The Hall–Kier alpha value is -2.37. The first-order valence-electron chi connectivity index (χ1n) is 10.7. The molecule has 0 aliphatic carbocycles. The van der Waals surface area contributed by atoms with E-state index in [0.29, 0.717) is 32.5 Å². The number of nitrogens with zero attached hydrogens (tertiary/aromatic N) is 2. The molecule has 1 N–H and O–H groups in total. The van der Waals surface area contributed by atoms with Gasteiger partial charge >= 0.3 is 6.09 Å². The Kier molecular flexibility index (Phi) is 7.16. The number of benzene rings is 2. The van der Waals surface area contributed by atoms with Gasteiger partial charge in [-0.3, -0.25) is 4.90 Å². The Labute approximate surface area is 180 Å². The van der Waals surface area contributed by atoms with Crippen molar-refractivity contribution in [2.24, 2.45) is 0 Å². The van der Waals surface area contributed by atoms with E-state index in [-0.39, 0.29) is 6.09 Å². The normalized spacial score (nSPS) is 16.5. The molecular formula is C25H34N2O3. The van der Waals surface area contributed by atoms with Crippen LogP contribution < -0.4 is 0 Å². The molecule has 30 heavy (non-hydrogen) atoms. The van der Waals surface area contributed by atoms with Crippen LogP contribution in [0.3, 0.4) is 0 Å². The third-order valence-corrected chi connectivity index (χ3v) is 5.36. The summed E-state index contributed by atoms with van der Waals surface area (Å²) in [5, 5.41) is 11.3. The highest BCUT2D eigenvalue weighted by Crippen LogP contribution is 2.26. The van der Waals surface area contributed by atoms with Crippen molar-refractivity contribution in [3.8, 4) is 0 Å². The zero-order chi connectivity index (χ0) is 21.6. The molecule has 0 saturated carbocycles. The fraction of sp³-hybridized carbons (Fsp3) is 0.480. The van der Waals surface area contributed by atoms with Gasteiger partial charge in [-0.2, -0.15) is 0 Å². The van der Waals surface area contributed by atoms with Gasteiger partial charge in [-0.25, -0.2) is 4.79 Å². The van der Waals surface area contributed by atoms with E-state index in [0.717, 1.165) is 13.1 Å². The molecule has 0 radical (unpaired) electrons. The molecule has 1 heterocycles. The molecule has 2 aromatic rings. The van der Waals surface area contributed by atoms with Gasteiger partial charge in [-0.05, 0) is 44.7 Å². The van der Waals surface area contributed by atoms with E-state index in [1.807, 2.05) is 57.2 Å². The van der Waals surface area contributed by atoms with Crippen molar-refractivity contribution in [1.82, 2.24) is 9.80 Å². The number of ether oxygens (including phenoxy) is 1. The predicted molar refractivity (Wildman–Crippen MR) is 119 cm³/mol. The van der Waals surface area contributed by atoms with Gasteiger partial charge in [-0.1, -0.05) is 60.7 Å². The van der Waals surface area contributed by atoms with Crippen molar-refractivity contribution >= 4 is 6.09 Å². The van der Waals surface area contributed by atoms with Crippen molar-refractivity contribution in [3.63, 3.8) is 0 Å². The monoisotopic (exact) mass is 410 g/mol. The van der Waals surface area contributed by atoms with Crippen molar-refractivity contribution < 1.29 is 14.6 Å². The maximum Gasteiger partial charge on any atom is 0.410 e. The van der Waals surface area contributed by atoms with E-state index in [9.17, 15) is 9.90 Å². The van der Waals surface area contributed by atoms with E-state index in [2.05, 4.69) is 29.2 Å². The van der Waals surface area contributed by atoms with Crippen molar-refractivity contribution in [3.05, 3.63) is 71.8 Å². The molecule has 0 atom stereocenters. The van der Waals surface area contributed by atoms with E-state index < -0.39 is 11.2 Å². The minimum atomic E-state index is -0.817. The van der Waals surface area contributed by atoms with E-state index in [1.165, 1.54) is 11.1 Å². The van der Waals surface area contributed by atoms with Crippen LogP contribution in [0.4, 0.5) is 4.79 Å². The van der Waals surface area contributed by atoms with Crippen LogP contribution in [0.5, 0.6) is 0 Å². The first-order chi connectivity index (χ1) is 14.2. The van der Waals surface area contributed by atoms with Gasteiger partial charge in [0, 0.05) is 32.7 Å². The van der Waals surface area contributed by atoms with E-state index in [4.69, 9.17) is 4.74 Å². The van der Waals surface area contributed by atoms with Gasteiger partial charge in [0.15, 0.2) is 0 Å². The maximum atomic E-state index is 12.3.